The van der Waals surface area contributed by atoms with E-state index < -0.39 is 12.2 Å². The Labute approximate surface area is 141 Å². The Kier molecular flexibility index (Phi) is 5.71. The van der Waals surface area contributed by atoms with E-state index in [9.17, 15) is 15.3 Å². The van der Waals surface area contributed by atoms with Crippen LogP contribution >= 0.6 is 0 Å². The van der Waals surface area contributed by atoms with E-state index in [2.05, 4.69) is 0 Å². The van der Waals surface area contributed by atoms with E-state index in [4.69, 9.17) is 9.47 Å². The van der Waals surface area contributed by atoms with Gasteiger partial charge in [0.15, 0.2) is 23.0 Å². The van der Waals surface area contributed by atoms with Gasteiger partial charge in [-0.1, -0.05) is 24.3 Å². The lowest BCUT2D eigenvalue weighted by molar-refractivity contribution is 0.0450. The largest absolute Gasteiger partial charge is 0.504 e. The summed E-state index contributed by atoms with van der Waals surface area (Å²) < 4.78 is 10.7. The van der Waals surface area contributed by atoms with Crippen LogP contribution in [0.1, 0.15) is 31.1 Å². The molecule has 0 spiro atoms. The standard InChI is InChI=1S/C19H22O5/c1-4-5-13-6-9-17(16(21)10-13)24-12(2)19(22)14-7-8-15(20)18(11-14)23-3/h4-12,19-22H,1-3H3/t12-,19+/m0/s1. The lowest BCUT2D eigenvalue weighted by atomic mass is 10.0. The number of ether oxygens (including phenoxy) is 2. The molecule has 0 aliphatic carbocycles. The van der Waals surface area contributed by atoms with Crippen molar-refractivity contribution in [2.24, 2.45) is 0 Å². The lowest BCUT2D eigenvalue weighted by Gasteiger charge is -2.22. The average molecular weight is 330 g/mol. The van der Waals surface area contributed by atoms with E-state index in [1.54, 1.807) is 31.2 Å². The van der Waals surface area contributed by atoms with E-state index in [1.807, 2.05) is 25.1 Å². The first-order chi connectivity index (χ1) is 11.5. The average Bonchev–Trinajstić information content (AvgIpc) is 2.57. The SMILES string of the molecule is CC=Cc1ccc(O[C@@H](C)[C@@H](O)c2ccc(O)c(OC)c2)c(O)c1. The molecule has 5 heteroatoms. The summed E-state index contributed by atoms with van der Waals surface area (Å²) in [5, 5.41) is 30.1. The zero-order chi connectivity index (χ0) is 17.7. The fourth-order valence-corrected chi connectivity index (χ4v) is 2.34. The molecular weight excluding hydrogens is 308 g/mol. The maximum absolute atomic E-state index is 10.4. The molecule has 5 nitrogen and oxygen atoms in total. The summed E-state index contributed by atoms with van der Waals surface area (Å²) in [5.41, 5.74) is 1.40. The predicted molar refractivity (Wildman–Crippen MR) is 92.5 cm³/mol. The number of aliphatic hydroxyl groups excluding tert-OH is 1. The Balaban J connectivity index is 2.15. The number of aromatic hydroxyl groups is 2. The number of phenolic OH excluding ortho intramolecular Hbond substituents is 2. The van der Waals surface area contributed by atoms with Gasteiger partial charge >= 0.3 is 0 Å². The minimum Gasteiger partial charge on any atom is -0.504 e. The van der Waals surface area contributed by atoms with Crippen LogP contribution in [0.2, 0.25) is 0 Å². The quantitative estimate of drug-likeness (QED) is 0.753. The van der Waals surface area contributed by atoms with Crippen molar-refractivity contribution in [2.45, 2.75) is 26.1 Å². The summed E-state index contributed by atoms with van der Waals surface area (Å²) >= 11 is 0. The van der Waals surface area contributed by atoms with Crippen LogP contribution < -0.4 is 9.47 Å². The molecule has 0 saturated carbocycles. The molecule has 128 valence electrons. The summed E-state index contributed by atoms with van der Waals surface area (Å²) in [6, 6.07) is 9.67. The van der Waals surface area contributed by atoms with Crippen molar-refractivity contribution in [1.82, 2.24) is 0 Å². The molecule has 24 heavy (non-hydrogen) atoms. The van der Waals surface area contributed by atoms with Gasteiger partial charge in [0.25, 0.3) is 0 Å². The Morgan fingerprint density at radius 2 is 1.75 bits per heavy atom. The molecule has 0 bridgehead atoms. The summed E-state index contributed by atoms with van der Waals surface area (Å²) in [5.74, 6) is 0.574. The molecule has 0 aliphatic rings. The number of aliphatic hydroxyl groups is 1. The van der Waals surface area contributed by atoms with Gasteiger partial charge in [0, 0.05) is 0 Å². The number of hydrogen-bond acceptors (Lipinski definition) is 5. The number of hydrogen-bond donors (Lipinski definition) is 3. The highest BCUT2D eigenvalue weighted by Crippen LogP contribution is 2.33. The van der Waals surface area contributed by atoms with E-state index in [-0.39, 0.29) is 17.2 Å². The van der Waals surface area contributed by atoms with Crippen LogP contribution in [-0.4, -0.2) is 28.5 Å². The van der Waals surface area contributed by atoms with Gasteiger partial charge in [0.2, 0.25) is 0 Å². The Morgan fingerprint density at radius 1 is 1.00 bits per heavy atom. The van der Waals surface area contributed by atoms with E-state index >= 15 is 0 Å². The van der Waals surface area contributed by atoms with Gasteiger partial charge < -0.3 is 24.8 Å². The molecule has 0 fully saturated rings. The van der Waals surface area contributed by atoms with Crippen LogP contribution in [0.4, 0.5) is 0 Å². The van der Waals surface area contributed by atoms with Crippen molar-refractivity contribution < 1.29 is 24.8 Å². The second kappa shape index (κ2) is 7.75. The van der Waals surface area contributed by atoms with Crippen LogP contribution in [0.3, 0.4) is 0 Å². The normalized spacial score (nSPS) is 13.7. The number of allylic oxidation sites excluding steroid dienone is 1. The van der Waals surface area contributed by atoms with Crippen LogP contribution in [0.25, 0.3) is 6.08 Å². The molecule has 2 aromatic carbocycles. The third-order valence-electron chi connectivity index (χ3n) is 3.64. The topological polar surface area (TPSA) is 79.2 Å². The van der Waals surface area contributed by atoms with E-state index in [0.29, 0.717) is 11.3 Å². The van der Waals surface area contributed by atoms with Gasteiger partial charge in [0.1, 0.15) is 12.2 Å². The van der Waals surface area contributed by atoms with Crippen molar-refractivity contribution in [3.05, 3.63) is 53.6 Å². The molecule has 2 aromatic rings. The molecule has 0 amide bonds. The van der Waals surface area contributed by atoms with Crippen molar-refractivity contribution in [2.75, 3.05) is 7.11 Å². The zero-order valence-corrected chi connectivity index (χ0v) is 13.9. The molecule has 0 radical (unpaired) electrons. The first-order valence-corrected chi connectivity index (χ1v) is 7.63. The molecule has 0 heterocycles. The maximum atomic E-state index is 10.4. The highest BCUT2D eigenvalue weighted by atomic mass is 16.5. The first kappa shape index (κ1) is 17.7. The number of rotatable bonds is 6. The van der Waals surface area contributed by atoms with Gasteiger partial charge in [-0.05, 0) is 49.2 Å². The maximum Gasteiger partial charge on any atom is 0.161 e. The van der Waals surface area contributed by atoms with Crippen LogP contribution in [0.15, 0.2) is 42.5 Å². The Hall–Kier alpha value is -2.66. The van der Waals surface area contributed by atoms with Gasteiger partial charge in [-0.3, -0.25) is 0 Å². The smallest absolute Gasteiger partial charge is 0.161 e. The molecule has 2 atom stereocenters. The van der Waals surface area contributed by atoms with Crippen molar-refractivity contribution in [1.29, 1.82) is 0 Å². The monoisotopic (exact) mass is 330 g/mol. The van der Waals surface area contributed by atoms with Crippen LogP contribution in [-0.2, 0) is 0 Å². The molecule has 0 aromatic heterocycles. The fourth-order valence-electron chi connectivity index (χ4n) is 2.34. The van der Waals surface area contributed by atoms with Crippen molar-refractivity contribution >= 4 is 6.08 Å². The van der Waals surface area contributed by atoms with Crippen molar-refractivity contribution in [3.63, 3.8) is 0 Å². The molecule has 0 saturated heterocycles. The van der Waals surface area contributed by atoms with Gasteiger partial charge in [0.05, 0.1) is 7.11 Å². The second-order valence-corrected chi connectivity index (χ2v) is 5.43. The predicted octanol–water partition coefficient (Wildman–Crippen LogP) is 3.64. The van der Waals surface area contributed by atoms with Gasteiger partial charge in [-0.25, -0.2) is 0 Å². The summed E-state index contributed by atoms with van der Waals surface area (Å²) in [4.78, 5) is 0. The number of phenols is 2. The van der Waals surface area contributed by atoms with Crippen molar-refractivity contribution in [3.8, 4) is 23.0 Å². The Morgan fingerprint density at radius 3 is 2.38 bits per heavy atom. The summed E-state index contributed by atoms with van der Waals surface area (Å²) in [6.07, 6.45) is 2.18. The third kappa shape index (κ3) is 4.00. The summed E-state index contributed by atoms with van der Waals surface area (Å²) in [7, 11) is 1.44. The lowest BCUT2D eigenvalue weighted by Crippen LogP contribution is -2.21. The molecule has 0 unspecified atom stereocenters. The molecule has 2 rings (SSSR count). The minimum atomic E-state index is -0.950. The first-order valence-electron chi connectivity index (χ1n) is 7.63. The second-order valence-electron chi connectivity index (χ2n) is 5.43. The van der Waals surface area contributed by atoms with Crippen LogP contribution in [0, 0.1) is 0 Å². The van der Waals surface area contributed by atoms with E-state index in [1.165, 1.54) is 13.2 Å². The third-order valence-corrected chi connectivity index (χ3v) is 3.64. The van der Waals surface area contributed by atoms with E-state index in [0.717, 1.165) is 5.56 Å². The molecule has 3 N–H and O–H groups in total. The highest BCUT2D eigenvalue weighted by Gasteiger charge is 2.20. The van der Waals surface area contributed by atoms with Crippen LogP contribution in [0.5, 0.6) is 23.0 Å². The Bertz CT molecular complexity index is 724. The number of benzene rings is 2. The van der Waals surface area contributed by atoms with Gasteiger partial charge in [-0.2, -0.15) is 0 Å². The highest BCUT2D eigenvalue weighted by molar-refractivity contribution is 5.55. The summed E-state index contributed by atoms with van der Waals surface area (Å²) in [6.45, 7) is 3.59. The molecule has 0 aliphatic heterocycles. The van der Waals surface area contributed by atoms with Gasteiger partial charge in [-0.15, -0.1) is 0 Å². The number of methoxy groups -OCH3 is 1. The minimum absolute atomic E-state index is 0.000710. The zero-order valence-electron chi connectivity index (χ0n) is 13.9. The molecular formula is C19H22O5. The fraction of sp³-hybridized carbons (Fsp3) is 0.263.